The fraction of sp³-hybridized carbons (Fsp3) is 0.267. The van der Waals surface area contributed by atoms with Crippen molar-refractivity contribution in [2.45, 2.75) is 33.7 Å². The van der Waals surface area contributed by atoms with Gasteiger partial charge in [-0.3, -0.25) is 14.5 Å². The lowest BCUT2D eigenvalue weighted by molar-refractivity contribution is -0.132. The molecule has 6 nitrogen and oxygen atoms in total. The number of anilines is 1. The minimum Gasteiger partial charge on any atom is -0.507 e. The Labute approximate surface area is 211 Å². The molecule has 36 heavy (non-hydrogen) atoms. The molecule has 186 valence electrons. The number of benzene rings is 3. The highest BCUT2D eigenvalue weighted by atomic mass is 16.5. The molecule has 3 aromatic carbocycles. The molecule has 1 aliphatic heterocycles. The first-order valence-electron chi connectivity index (χ1n) is 12.0. The maximum atomic E-state index is 13.4. The molecular weight excluding hydrogens is 454 g/mol. The summed E-state index contributed by atoms with van der Waals surface area (Å²) in [4.78, 5) is 28.3. The van der Waals surface area contributed by atoms with Crippen LogP contribution < -0.4 is 14.4 Å². The van der Waals surface area contributed by atoms with Crippen LogP contribution >= 0.6 is 0 Å². The Balaban J connectivity index is 1.85. The summed E-state index contributed by atoms with van der Waals surface area (Å²) in [6.07, 6.45) is 0. The molecule has 1 fully saturated rings. The van der Waals surface area contributed by atoms with Crippen LogP contribution in [0.3, 0.4) is 0 Å². The molecule has 1 saturated heterocycles. The highest BCUT2D eigenvalue weighted by molar-refractivity contribution is 6.51. The zero-order chi connectivity index (χ0) is 26.0. The maximum absolute atomic E-state index is 13.4. The first-order valence-corrected chi connectivity index (χ1v) is 12.0. The van der Waals surface area contributed by atoms with Gasteiger partial charge in [-0.05, 0) is 78.9 Å². The van der Waals surface area contributed by atoms with Crippen LogP contribution in [0.1, 0.15) is 42.1 Å². The van der Waals surface area contributed by atoms with Gasteiger partial charge in [-0.15, -0.1) is 0 Å². The maximum Gasteiger partial charge on any atom is 0.300 e. The second-order valence-corrected chi connectivity index (χ2v) is 9.39. The van der Waals surface area contributed by atoms with Crippen LogP contribution in [-0.2, 0) is 9.59 Å². The number of hydrogen-bond donors (Lipinski definition) is 1. The standard InChI is InChI=1S/C30H31NO5/c1-18(2)17-36-24-15-11-22(12-16-24)28(32)26-27(21-9-13-23(35-5)14-10-21)31(30(34)29(26)33)25-8-6-7-19(3)20(25)4/h6-16,18,27,32H,17H2,1-5H3/b28-26+. The number of ether oxygens (including phenoxy) is 2. The predicted molar refractivity (Wildman–Crippen MR) is 140 cm³/mol. The van der Waals surface area contributed by atoms with E-state index >= 15 is 0 Å². The number of amides is 1. The molecule has 0 bridgehead atoms. The molecule has 0 spiro atoms. The van der Waals surface area contributed by atoms with Gasteiger partial charge in [0.05, 0.1) is 25.3 Å². The monoisotopic (exact) mass is 485 g/mol. The predicted octanol–water partition coefficient (Wildman–Crippen LogP) is 5.97. The van der Waals surface area contributed by atoms with Gasteiger partial charge in [-0.2, -0.15) is 0 Å². The van der Waals surface area contributed by atoms with E-state index in [0.717, 1.165) is 11.1 Å². The Morgan fingerprint density at radius 1 is 0.944 bits per heavy atom. The second kappa shape index (κ2) is 10.3. The van der Waals surface area contributed by atoms with E-state index in [4.69, 9.17) is 9.47 Å². The molecule has 1 aliphatic rings. The van der Waals surface area contributed by atoms with Crippen molar-refractivity contribution in [1.29, 1.82) is 0 Å². The van der Waals surface area contributed by atoms with E-state index in [9.17, 15) is 14.7 Å². The summed E-state index contributed by atoms with van der Waals surface area (Å²) in [7, 11) is 1.58. The smallest absolute Gasteiger partial charge is 0.300 e. The quantitative estimate of drug-likeness (QED) is 0.253. The van der Waals surface area contributed by atoms with Crippen LogP contribution in [0.5, 0.6) is 11.5 Å². The van der Waals surface area contributed by atoms with Crippen molar-refractivity contribution >= 4 is 23.1 Å². The largest absolute Gasteiger partial charge is 0.507 e. The molecule has 0 radical (unpaired) electrons. The van der Waals surface area contributed by atoms with E-state index < -0.39 is 17.7 Å². The Morgan fingerprint density at radius 3 is 2.19 bits per heavy atom. The molecular formula is C30H31NO5. The van der Waals surface area contributed by atoms with Crippen LogP contribution in [0.2, 0.25) is 0 Å². The van der Waals surface area contributed by atoms with Crippen LogP contribution in [0.15, 0.2) is 72.3 Å². The van der Waals surface area contributed by atoms with Crippen molar-refractivity contribution in [3.63, 3.8) is 0 Å². The van der Waals surface area contributed by atoms with E-state index in [1.165, 1.54) is 4.90 Å². The van der Waals surface area contributed by atoms with Crippen molar-refractivity contribution in [3.05, 3.63) is 94.6 Å². The average molecular weight is 486 g/mol. The van der Waals surface area contributed by atoms with E-state index in [1.54, 1.807) is 43.5 Å². The number of hydrogen-bond acceptors (Lipinski definition) is 5. The Kier molecular flexibility index (Phi) is 7.15. The molecule has 0 saturated carbocycles. The lowest BCUT2D eigenvalue weighted by Gasteiger charge is -2.27. The van der Waals surface area contributed by atoms with Gasteiger partial charge < -0.3 is 14.6 Å². The van der Waals surface area contributed by atoms with Crippen molar-refractivity contribution in [2.75, 3.05) is 18.6 Å². The summed E-state index contributed by atoms with van der Waals surface area (Å²) in [6, 6.07) is 18.9. The number of nitrogens with zero attached hydrogens (tertiary/aromatic N) is 1. The number of carbonyl (C=O) groups is 2. The average Bonchev–Trinajstić information content (AvgIpc) is 3.14. The molecule has 1 N–H and O–H groups in total. The number of aliphatic hydroxyl groups is 1. The minimum atomic E-state index is -0.798. The molecule has 3 aromatic rings. The van der Waals surface area contributed by atoms with E-state index in [0.29, 0.717) is 40.8 Å². The normalized spacial score (nSPS) is 17.1. The summed E-state index contributed by atoms with van der Waals surface area (Å²) in [6.45, 7) is 8.58. The first kappa shape index (κ1) is 25.0. The molecule has 1 heterocycles. The third-order valence-corrected chi connectivity index (χ3v) is 6.42. The van der Waals surface area contributed by atoms with Crippen molar-refractivity contribution < 1.29 is 24.2 Å². The van der Waals surface area contributed by atoms with Crippen LogP contribution in [-0.4, -0.2) is 30.5 Å². The van der Waals surface area contributed by atoms with Gasteiger partial charge >= 0.3 is 0 Å². The van der Waals surface area contributed by atoms with Gasteiger partial charge in [-0.1, -0.05) is 38.1 Å². The Morgan fingerprint density at radius 2 is 1.58 bits per heavy atom. The fourth-order valence-electron chi connectivity index (χ4n) is 4.31. The summed E-state index contributed by atoms with van der Waals surface area (Å²) < 4.78 is 11.0. The van der Waals surface area contributed by atoms with Crippen molar-refractivity contribution in [1.82, 2.24) is 0 Å². The number of ketones is 1. The molecule has 1 amide bonds. The number of methoxy groups -OCH3 is 1. The second-order valence-electron chi connectivity index (χ2n) is 9.39. The lowest BCUT2D eigenvalue weighted by atomic mass is 9.94. The third-order valence-electron chi connectivity index (χ3n) is 6.42. The van der Waals surface area contributed by atoms with Crippen LogP contribution in [0, 0.1) is 19.8 Å². The topological polar surface area (TPSA) is 76.1 Å². The number of aryl methyl sites for hydroxylation is 1. The van der Waals surface area contributed by atoms with E-state index in [2.05, 4.69) is 13.8 Å². The van der Waals surface area contributed by atoms with Gasteiger partial charge in [0, 0.05) is 11.3 Å². The number of Topliss-reactive ketones (excluding diaryl/α,β-unsaturated/α-hetero) is 1. The fourth-order valence-corrected chi connectivity index (χ4v) is 4.31. The summed E-state index contributed by atoms with van der Waals surface area (Å²) in [5.41, 5.74) is 3.69. The lowest BCUT2D eigenvalue weighted by Crippen LogP contribution is -2.30. The van der Waals surface area contributed by atoms with Gasteiger partial charge in [0.2, 0.25) is 0 Å². The van der Waals surface area contributed by atoms with E-state index in [1.807, 2.05) is 44.2 Å². The zero-order valence-corrected chi connectivity index (χ0v) is 21.2. The number of carbonyl (C=O) groups excluding carboxylic acids is 2. The third kappa shape index (κ3) is 4.71. The number of rotatable bonds is 7. The molecule has 6 heteroatoms. The first-order chi connectivity index (χ1) is 17.2. The molecule has 1 unspecified atom stereocenters. The van der Waals surface area contributed by atoms with Crippen LogP contribution in [0.4, 0.5) is 5.69 Å². The summed E-state index contributed by atoms with van der Waals surface area (Å²) in [5.74, 6) is 0.0700. The van der Waals surface area contributed by atoms with Crippen molar-refractivity contribution in [2.24, 2.45) is 5.92 Å². The number of aliphatic hydroxyl groups excluding tert-OH is 1. The van der Waals surface area contributed by atoms with Gasteiger partial charge in [0.15, 0.2) is 0 Å². The molecule has 4 rings (SSSR count). The molecule has 0 aromatic heterocycles. The SMILES string of the molecule is COc1ccc(C2/C(=C(\O)c3ccc(OCC(C)C)cc3)C(=O)C(=O)N2c2cccc(C)c2C)cc1. The Bertz CT molecular complexity index is 1310. The highest BCUT2D eigenvalue weighted by Crippen LogP contribution is 2.43. The van der Waals surface area contributed by atoms with Gasteiger partial charge in [-0.25, -0.2) is 0 Å². The van der Waals surface area contributed by atoms with Gasteiger partial charge in [0.25, 0.3) is 11.7 Å². The Hall–Kier alpha value is -4.06. The summed E-state index contributed by atoms with van der Waals surface area (Å²) in [5, 5.41) is 11.4. The van der Waals surface area contributed by atoms with Crippen LogP contribution in [0.25, 0.3) is 5.76 Å². The van der Waals surface area contributed by atoms with Gasteiger partial charge in [0.1, 0.15) is 17.3 Å². The highest BCUT2D eigenvalue weighted by Gasteiger charge is 2.47. The molecule has 1 atom stereocenters. The zero-order valence-electron chi connectivity index (χ0n) is 21.2. The minimum absolute atomic E-state index is 0.0434. The molecule has 0 aliphatic carbocycles. The van der Waals surface area contributed by atoms with E-state index in [-0.39, 0.29) is 11.3 Å². The summed E-state index contributed by atoms with van der Waals surface area (Å²) >= 11 is 0. The van der Waals surface area contributed by atoms with Crippen molar-refractivity contribution in [3.8, 4) is 11.5 Å².